The van der Waals surface area contributed by atoms with Crippen molar-refractivity contribution in [3.05, 3.63) is 18.2 Å². The lowest BCUT2D eigenvalue weighted by Gasteiger charge is -2.52. The molecule has 2 fully saturated rings. The average molecular weight is 290 g/mol. The van der Waals surface area contributed by atoms with E-state index >= 15 is 0 Å². The molecule has 2 aliphatic rings. The van der Waals surface area contributed by atoms with Gasteiger partial charge in [-0.2, -0.15) is 0 Å². The Hall–Kier alpha value is -0.870. The zero-order chi connectivity index (χ0) is 15.1. The van der Waals surface area contributed by atoms with E-state index in [-0.39, 0.29) is 5.54 Å². The Bertz CT molecular complexity index is 493. The van der Waals surface area contributed by atoms with E-state index in [1.54, 1.807) is 0 Å². The molecule has 1 aliphatic heterocycles. The summed E-state index contributed by atoms with van der Waals surface area (Å²) in [6.07, 6.45) is 8.99. The maximum Gasteiger partial charge on any atom is 0.109 e. The van der Waals surface area contributed by atoms with E-state index in [2.05, 4.69) is 47.6 Å². The van der Waals surface area contributed by atoms with Crippen LogP contribution in [0.25, 0.3) is 0 Å². The standard InChI is InChI=1S/C17H30N4/c1-5-16(2)12-19-17(3,14-6-7-14)13-21(16)10-8-15-18-9-11-20(15)4/h9,11,14,19H,5-8,10,12-13H2,1-4H3. The fourth-order valence-corrected chi connectivity index (χ4v) is 3.71. The third kappa shape index (κ3) is 2.88. The molecule has 2 atom stereocenters. The highest BCUT2D eigenvalue weighted by Crippen LogP contribution is 2.42. The van der Waals surface area contributed by atoms with Gasteiger partial charge in [0.15, 0.2) is 0 Å². The minimum Gasteiger partial charge on any atom is -0.338 e. The number of hydrogen-bond acceptors (Lipinski definition) is 3. The fourth-order valence-electron chi connectivity index (χ4n) is 3.71. The molecular formula is C17H30N4. The molecule has 1 aliphatic carbocycles. The van der Waals surface area contributed by atoms with Gasteiger partial charge in [-0.05, 0) is 39.0 Å². The number of nitrogens with one attached hydrogen (secondary N) is 1. The monoisotopic (exact) mass is 290 g/mol. The highest BCUT2D eigenvalue weighted by Gasteiger charge is 2.48. The quantitative estimate of drug-likeness (QED) is 0.902. The SMILES string of the molecule is CCC1(C)CNC(C)(C2CC2)CN1CCc1nccn1C. The van der Waals surface area contributed by atoms with Crippen LogP contribution in [-0.4, -0.2) is 45.2 Å². The van der Waals surface area contributed by atoms with Crippen LogP contribution in [0.2, 0.25) is 0 Å². The number of piperazine rings is 1. The highest BCUT2D eigenvalue weighted by molar-refractivity contribution is 5.08. The van der Waals surface area contributed by atoms with Crippen molar-refractivity contribution in [1.82, 2.24) is 19.8 Å². The molecule has 1 aromatic heterocycles. The summed E-state index contributed by atoms with van der Waals surface area (Å²) in [5.74, 6) is 2.08. The first-order valence-corrected chi connectivity index (χ1v) is 8.43. The third-order valence-electron chi connectivity index (χ3n) is 5.92. The Morgan fingerprint density at radius 3 is 2.71 bits per heavy atom. The number of imidazole rings is 1. The van der Waals surface area contributed by atoms with Gasteiger partial charge in [-0.1, -0.05) is 6.92 Å². The summed E-state index contributed by atoms with van der Waals surface area (Å²) in [5, 5.41) is 3.87. The van der Waals surface area contributed by atoms with Gasteiger partial charge in [-0.15, -0.1) is 0 Å². The Labute approximate surface area is 128 Å². The number of aromatic nitrogens is 2. The van der Waals surface area contributed by atoms with Crippen LogP contribution in [0.15, 0.2) is 12.4 Å². The van der Waals surface area contributed by atoms with Crippen molar-refractivity contribution in [2.45, 2.75) is 57.5 Å². The summed E-state index contributed by atoms with van der Waals surface area (Å²) in [6, 6.07) is 0. The second kappa shape index (κ2) is 5.40. The molecule has 4 heteroatoms. The summed E-state index contributed by atoms with van der Waals surface area (Å²) in [7, 11) is 2.09. The Balaban J connectivity index is 1.70. The van der Waals surface area contributed by atoms with E-state index in [0.29, 0.717) is 5.54 Å². The molecule has 2 heterocycles. The maximum absolute atomic E-state index is 4.48. The van der Waals surface area contributed by atoms with Gasteiger partial charge in [0.2, 0.25) is 0 Å². The molecule has 4 nitrogen and oxygen atoms in total. The normalized spacial score (nSPS) is 34.3. The van der Waals surface area contributed by atoms with Gasteiger partial charge in [0.25, 0.3) is 0 Å². The summed E-state index contributed by atoms with van der Waals surface area (Å²) in [5.41, 5.74) is 0.593. The van der Waals surface area contributed by atoms with E-state index in [9.17, 15) is 0 Å². The summed E-state index contributed by atoms with van der Waals surface area (Å²) in [6.45, 7) is 10.5. The molecule has 118 valence electrons. The van der Waals surface area contributed by atoms with Gasteiger partial charge in [-0.25, -0.2) is 4.98 Å². The highest BCUT2D eigenvalue weighted by atomic mass is 15.3. The Kier molecular flexibility index (Phi) is 3.87. The molecular weight excluding hydrogens is 260 g/mol. The van der Waals surface area contributed by atoms with Gasteiger partial charge in [-0.3, -0.25) is 4.90 Å². The smallest absolute Gasteiger partial charge is 0.109 e. The van der Waals surface area contributed by atoms with Gasteiger partial charge in [0.05, 0.1) is 0 Å². The summed E-state index contributed by atoms with van der Waals surface area (Å²) < 4.78 is 2.14. The van der Waals surface area contributed by atoms with Crippen LogP contribution in [0, 0.1) is 5.92 Å². The predicted molar refractivity (Wildman–Crippen MR) is 86.3 cm³/mol. The van der Waals surface area contributed by atoms with Gasteiger partial charge < -0.3 is 9.88 Å². The van der Waals surface area contributed by atoms with Crippen molar-refractivity contribution < 1.29 is 0 Å². The third-order valence-corrected chi connectivity index (χ3v) is 5.92. The van der Waals surface area contributed by atoms with Crippen molar-refractivity contribution in [2.24, 2.45) is 13.0 Å². The van der Waals surface area contributed by atoms with E-state index < -0.39 is 0 Å². The van der Waals surface area contributed by atoms with Crippen molar-refractivity contribution in [3.8, 4) is 0 Å². The summed E-state index contributed by atoms with van der Waals surface area (Å²) in [4.78, 5) is 7.20. The van der Waals surface area contributed by atoms with Gasteiger partial charge in [0, 0.05) is 56.6 Å². The number of hydrogen-bond donors (Lipinski definition) is 1. The molecule has 3 rings (SSSR count). The number of aryl methyl sites for hydroxylation is 1. The number of rotatable bonds is 5. The lowest BCUT2D eigenvalue weighted by Crippen LogP contribution is -2.69. The van der Waals surface area contributed by atoms with Crippen molar-refractivity contribution in [2.75, 3.05) is 19.6 Å². The second-order valence-corrected chi connectivity index (χ2v) is 7.52. The van der Waals surface area contributed by atoms with Crippen LogP contribution in [0.4, 0.5) is 0 Å². The van der Waals surface area contributed by atoms with Crippen LogP contribution in [0.3, 0.4) is 0 Å². The number of nitrogens with zero attached hydrogens (tertiary/aromatic N) is 3. The molecule has 1 saturated carbocycles. The lowest BCUT2D eigenvalue weighted by molar-refractivity contribution is 0.0111. The van der Waals surface area contributed by atoms with Crippen LogP contribution in [0.1, 0.15) is 45.9 Å². The van der Waals surface area contributed by atoms with Crippen molar-refractivity contribution >= 4 is 0 Å². The molecule has 1 N–H and O–H groups in total. The van der Waals surface area contributed by atoms with Crippen LogP contribution >= 0.6 is 0 Å². The Morgan fingerprint density at radius 2 is 2.14 bits per heavy atom. The van der Waals surface area contributed by atoms with Crippen LogP contribution in [0.5, 0.6) is 0 Å². The zero-order valence-corrected chi connectivity index (χ0v) is 14.0. The minimum absolute atomic E-state index is 0.277. The van der Waals surface area contributed by atoms with Crippen LogP contribution < -0.4 is 5.32 Å². The Morgan fingerprint density at radius 1 is 1.38 bits per heavy atom. The predicted octanol–water partition coefficient (Wildman–Crippen LogP) is 2.21. The van der Waals surface area contributed by atoms with Crippen molar-refractivity contribution in [3.63, 3.8) is 0 Å². The maximum atomic E-state index is 4.48. The van der Waals surface area contributed by atoms with Crippen LogP contribution in [-0.2, 0) is 13.5 Å². The van der Waals surface area contributed by atoms with Gasteiger partial charge >= 0.3 is 0 Å². The van der Waals surface area contributed by atoms with E-state index in [1.165, 1.54) is 31.6 Å². The molecule has 0 bridgehead atoms. The first-order valence-electron chi connectivity index (χ1n) is 8.43. The van der Waals surface area contributed by atoms with E-state index in [4.69, 9.17) is 0 Å². The minimum atomic E-state index is 0.277. The lowest BCUT2D eigenvalue weighted by atomic mass is 9.84. The topological polar surface area (TPSA) is 33.1 Å². The second-order valence-electron chi connectivity index (χ2n) is 7.52. The molecule has 0 aromatic carbocycles. The summed E-state index contributed by atoms with van der Waals surface area (Å²) >= 11 is 0. The first kappa shape index (κ1) is 15.0. The molecule has 21 heavy (non-hydrogen) atoms. The molecule has 0 radical (unpaired) electrons. The molecule has 1 aromatic rings. The first-order chi connectivity index (χ1) is 9.97. The van der Waals surface area contributed by atoms with Crippen molar-refractivity contribution in [1.29, 1.82) is 0 Å². The zero-order valence-electron chi connectivity index (χ0n) is 14.0. The van der Waals surface area contributed by atoms with Gasteiger partial charge in [0.1, 0.15) is 5.82 Å². The molecule has 2 unspecified atom stereocenters. The molecule has 0 amide bonds. The largest absolute Gasteiger partial charge is 0.338 e. The van der Waals surface area contributed by atoms with E-state index in [1.807, 2.05) is 12.4 Å². The average Bonchev–Trinajstić information content (AvgIpc) is 3.25. The molecule has 0 spiro atoms. The fraction of sp³-hybridized carbons (Fsp3) is 0.824. The van der Waals surface area contributed by atoms with E-state index in [0.717, 1.165) is 25.4 Å². The molecule has 1 saturated heterocycles.